The van der Waals surface area contributed by atoms with Crippen LogP contribution in [-0.4, -0.2) is 27.4 Å². The van der Waals surface area contributed by atoms with Crippen LogP contribution < -0.4 is 0 Å². The molecule has 0 unspecified atom stereocenters. The number of ether oxygens (including phenoxy) is 2. The fraction of sp³-hybridized carbons (Fsp3) is 0.818. The highest BCUT2D eigenvalue weighted by molar-refractivity contribution is 5.13. The molecule has 0 spiro atoms. The van der Waals surface area contributed by atoms with Gasteiger partial charge >= 0.3 is 0 Å². The van der Waals surface area contributed by atoms with E-state index < -0.39 is 0 Å². The fourth-order valence-corrected chi connectivity index (χ4v) is 2.91. The molecule has 2 aliphatic rings. The summed E-state index contributed by atoms with van der Waals surface area (Å²) in [6.45, 7) is 1.78. The van der Waals surface area contributed by atoms with Gasteiger partial charge < -0.3 is 9.47 Å². The van der Waals surface area contributed by atoms with Crippen molar-refractivity contribution in [1.29, 1.82) is 0 Å². The summed E-state index contributed by atoms with van der Waals surface area (Å²) in [4.78, 5) is 0. The van der Waals surface area contributed by atoms with Gasteiger partial charge in [0.05, 0.1) is 0 Å². The van der Waals surface area contributed by atoms with Gasteiger partial charge in [-0.25, -0.2) is 0 Å². The lowest BCUT2D eigenvalue weighted by molar-refractivity contribution is 0.0647. The minimum Gasteiger partial charge on any atom is -0.384 e. The molecule has 0 saturated heterocycles. The maximum atomic E-state index is 5.27. The van der Waals surface area contributed by atoms with Gasteiger partial charge in [-0.05, 0) is 30.1 Å². The van der Waals surface area contributed by atoms with Crippen LogP contribution in [-0.2, 0) is 9.47 Å². The van der Waals surface area contributed by atoms with E-state index >= 15 is 0 Å². The smallest absolute Gasteiger partial charge is 0.0499 e. The zero-order valence-corrected chi connectivity index (χ0v) is 8.40. The summed E-state index contributed by atoms with van der Waals surface area (Å²) >= 11 is 0. The van der Waals surface area contributed by atoms with E-state index in [9.17, 15) is 0 Å². The minimum absolute atomic E-state index is 0.694. The predicted molar refractivity (Wildman–Crippen MR) is 51.5 cm³/mol. The van der Waals surface area contributed by atoms with E-state index in [0.717, 1.165) is 25.0 Å². The molecule has 2 bridgehead atoms. The second kappa shape index (κ2) is 3.81. The maximum Gasteiger partial charge on any atom is 0.0499 e. The highest BCUT2D eigenvalue weighted by atomic mass is 16.5. The van der Waals surface area contributed by atoms with E-state index in [1.807, 2.05) is 0 Å². The second-order valence-electron chi connectivity index (χ2n) is 4.19. The third-order valence-electron chi connectivity index (χ3n) is 3.52. The average Bonchev–Trinajstić information content (AvgIpc) is 2.69. The summed E-state index contributed by atoms with van der Waals surface area (Å²) in [5.74, 6) is 2.90. The van der Waals surface area contributed by atoms with Gasteiger partial charge in [0, 0.05) is 27.4 Å². The first-order chi connectivity index (χ1) is 6.36. The van der Waals surface area contributed by atoms with E-state index in [2.05, 4.69) is 12.2 Å². The summed E-state index contributed by atoms with van der Waals surface area (Å²) in [5, 5.41) is 0. The van der Waals surface area contributed by atoms with E-state index in [4.69, 9.17) is 9.47 Å². The number of rotatable bonds is 4. The summed E-state index contributed by atoms with van der Waals surface area (Å²) in [6, 6.07) is 0. The Morgan fingerprint density at radius 1 is 1.00 bits per heavy atom. The molecule has 0 aromatic carbocycles. The highest BCUT2D eigenvalue weighted by Crippen LogP contribution is 2.47. The lowest BCUT2D eigenvalue weighted by Gasteiger charge is -2.26. The van der Waals surface area contributed by atoms with Crippen molar-refractivity contribution in [1.82, 2.24) is 0 Å². The van der Waals surface area contributed by atoms with Gasteiger partial charge in [-0.15, -0.1) is 0 Å². The van der Waals surface area contributed by atoms with E-state index in [1.54, 1.807) is 14.2 Å². The molecule has 0 amide bonds. The largest absolute Gasteiger partial charge is 0.384 e. The standard InChI is InChI=1S/C11H18O2/c1-12-6-10-8-3-4-9(5-8)11(10)7-13-2/h3-4,8-11H,5-7H2,1-2H3/t8-,9-,10+,11+/m0/s1. The number of methoxy groups -OCH3 is 2. The quantitative estimate of drug-likeness (QED) is 0.616. The Bertz CT molecular complexity index is 180. The Kier molecular flexibility index (Phi) is 2.70. The van der Waals surface area contributed by atoms with Crippen LogP contribution >= 0.6 is 0 Å². The molecule has 0 aliphatic heterocycles. The van der Waals surface area contributed by atoms with Crippen molar-refractivity contribution in [2.24, 2.45) is 23.7 Å². The van der Waals surface area contributed by atoms with Crippen molar-refractivity contribution >= 4 is 0 Å². The van der Waals surface area contributed by atoms with Crippen LogP contribution in [0.3, 0.4) is 0 Å². The molecule has 74 valence electrons. The van der Waals surface area contributed by atoms with Crippen LogP contribution in [0.5, 0.6) is 0 Å². The Balaban J connectivity index is 2.02. The molecule has 2 aliphatic carbocycles. The van der Waals surface area contributed by atoms with Gasteiger partial charge in [0.15, 0.2) is 0 Å². The third-order valence-corrected chi connectivity index (χ3v) is 3.52. The minimum atomic E-state index is 0.694. The van der Waals surface area contributed by atoms with E-state index in [-0.39, 0.29) is 0 Å². The number of hydrogen-bond acceptors (Lipinski definition) is 2. The molecule has 0 N–H and O–H groups in total. The molecule has 0 radical (unpaired) electrons. The molecule has 4 atom stereocenters. The summed E-state index contributed by atoms with van der Waals surface area (Å²) in [6.07, 6.45) is 6.04. The van der Waals surface area contributed by atoms with Gasteiger partial charge in [0.25, 0.3) is 0 Å². The van der Waals surface area contributed by atoms with Crippen molar-refractivity contribution in [2.75, 3.05) is 27.4 Å². The lowest BCUT2D eigenvalue weighted by atomic mass is 9.84. The average molecular weight is 182 g/mol. The normalized spacial score (nSPS) is 41.7. The van der Waals surface area contributed by atoms with Crippen LogP contribution in [0, 0.1) is 23.7 Å². The molecular formula is C11H18O2. The second-order valence-corrected chi connectivity index (χ2v) is 4.19. The van der Waals surface area contributed by atoms with Crippen LogP contribution in [0.15, 0.2) is 12.2 Å². The van der Waals surface area contributed by atoms with Crippen LogP contribution in [0.1, 0.15) is 6.42 Å². The first-order valence-corrected chi connectivity index (χ1v) is 5.03. The molecule has 0 heterocycles. The van der Waals surface area contributed by atoms with Crippen molar-refractivity contribution in [3.8, 4) is 0 Å². The van der Waals surface area contributed by atoms with Gasteiger partial charge in [-0.2, -0.15) is 0 Å². The Morgan fingerprint density at radius 3 is 1.85 bits per heavy atom. The Hall–Kier alpha value is -0.340. The van der Waals surface area contributed by atoms with Crippen LogP contribution in [0.2, 0.25) is 0 Å². The highest BCUT2D eigenvalue weighted by Gasteiger charge is 2.43. The SMILES string of the molecule is COC[C@H]1[C@H](COC)[C@H]2C=C[C@H]1C2. The Labute approximate surface area is 79.9 Å². The molecule has 1 fully saturated rings. The van der Waals surface area contributed by atoms with Gasteiger partial charge in [-0.1, -0.05) is 12.2 Å². The first-order valence-electron chi connectivity index (χ1n) is 5.03. The molecule has 1 saturated carbocycles. The van der Waals surface area contributed by atoms with Crippen molar-refractivity contribution in [2.45, 2.75) is 6.42 Å². The molecule has 2 heteroatoms. The van der Waals surface area contributed by atoms with Gasteiger partial charge in [0.1, 0.15) is 0 Å². The third kappa shape index (κ3) is 1.53. The fourth-order valence-electron chi connectivity index (χ4n) is 2.91. The molecule has 2 nitrogen and oxygen atoms in total. The van der Waals surface area contributed by atoms with E-state index in [1.165, 1.54) is 6.42 Å². The number of allylic oxidation sites excluding steroid dienone is 2. The molecule has 0 aromatic heterocycles. The van der Waals surface area contributed by atoms with Crippen molar-refractivity contribution in [3.63, 3.8) is 0 Å². The van der Waals surface area contributed by atoms with Crippen LogP contribution in [0.25, 0.3) is 0 Å². The predicted octanol–water partition coefficient (Wildman–Crippen LogP) is 1.72. The molecule has 2 rings (SSSR count). The topological polar surface area (TPSA) is 18.5 Å². The number of hydrogen-bond donors (Lipinski definition) is 0. The zero-order valence-electron chi connectivity index (χ0n) is 8.40. The molecule has 13 heavy (non-hydrogen) atoms. The Morgan fingerprint density at radius 2 is 1.46 bits per heavy atom. The summed E-state index contributed by atoms with van der Waals surface area (Å²) < 4.78 is 10.5. The monoisotopic (exact) mass is 182 g/mol. The first kappa shape index (κ1) is 9.22. The van der Waals surface area contributed by atoms with Gasteiger partial charge in [-0.3, -0.25) is 0 Å². The lowest BCUT2D eigenvalue weighted by Crippen LogP contribution is -2.27. The van der Waals surface area contributed by atoms with Gasteiger partial charge in [0.2, 0.25) is 0 Å². The molecule has 0 aromatic rings. The van der Waals surface area contributed by atoms with Crippen LogP contribution in [0.4, 0.5) is 0 Å². The van der Waals surface area contributed by atoms with Crippen molar-refractivity contribution < 1.29 is 9.47 Å². The maximum absolute atomic E-state index is 5.27. The number of fused-ring (bicyclic) bond motifs is 2. The zero-order chi connectivity index (χ0) is 9.26. The summed E-state index contributed by atoms with van der Waals surface area (Å²) in [7, 11) is 3.58. The van der Waals surface area contributed by atoms with Crippen molar-refractivity contribution in [3.05, 3.63) is 12.2 Å². The van der Waals surface area contributed by atoms with E-state index in [0.29, 0.717) is 11.8 Å². The molecular weight excluding hydrogens is 164 g/mol. The summed E-state index contributed by atoms with van der Waals surface area (Å²) in [5.41, 5.74) is 0.